The Kier molecular flexibility index (Phi) is 5.57. The SMILES string of the molecule is CCOc1cccc([C@@H](C)NC(=O)[C@@H](N)C(C)(C)C)c1. The lowest BCUT2D eigenvalue weighted by Crippen LogP contribution is -2.49. The first kappa shape index (κ1) is 16.5. The zero-order chi connectivity index (χ0) is 15.3. The maximum Gasteiger partial charge on any atom is 0.237 e. The highest BCUT2D eigenvalue weighted by molar-refractivity contribution is 5.82. The first-order valence-electron chi connectivity index (χ1n) is 7.04. The fourth-order valence-corrected chi connectivity index (χ4v) is 1.82. The van der Waals surface area contributed by atoms with Crippen LogP contribution in [-0.2, 0) is 4.79 Å². The van der Waals surface area contributed by atoms with E-state index in [1.54, 1.807) is 0 Å². The largest absolute Gasteiger partial charge is 0.494 e. The van der Waals surface area contributed by atoms with Crippen LogP contribution in [0.5, 0.6) is 5.75 Å². The average Bonchev–Trinajstić information content (AvgIpc) is 2.37. The maximum atomic E-state index is 12.1. The summed E-state index contributed by atoms with van der Waals surface area (Å²) in [6, 6.07) is 7.11. The van der Waals surface area contributed by atoms with Gasteiger partial charge in [0.1, 0.15) is 5.75 Å². The van der Waals surface area contributed by atoms with E-state index in [4.69, 9.17) is 10.5 Å². The lowest BCUT2D eigenvalue weighted by Gasteiger charge is -2.27. The average molecular weight is 278 g/mol. The van der Waals surface area contributed by atoms with Crippen LogP contribution in [0.1, 0.15) is 46.2 Å². The molecule has 112 valence electrons. The van der Waals surface area contributed by atoms with Gasteiger partial charge in [0.25, 0.3) is 0 Å². The minimum atomic E-state index is -0.528. The molecule has 3 N–H and O–H groups in total. The van der Waals surface area contributed by atoms with Gasteiger partial charge < -0.3 is 15.8 Å². The predicted molar refractivity (Wildman–Crippen MR) is 81.6 cm³/mol. The molecule has 0 radical (unpaired) electrons. The summed E-state index contributed by atoms with van der Waals surface area (Å²) in [6.07, 6.45) is 0. The zero-order valence-electron chi connectivity index (χ0n) is 13.1. The van der Waals surface area contributed by atoms with Gasteiger partial charge in [-0.15, -0.1) is 0 Å². The molecule has 0 saturated heterocycles. The van der Waals surface area contributed by atoms with Gasteiger partial charge in [-0.2, -0.15) is 0 Å². The van der Waals surface area contributed by atoms with E-state index in [9.17, 15) is 4.79 Å². The highest BCUT2D eigenvalue weighted by Gasteiger charge is 2.28. The summed E-state index contributed by atoms with van der Waals surface area (Å²) in [5.74, 6) is 0.679. The fourth-order valence-electron chi connectivity index (χ4n) is 1.82. The second kappa shape index (κ2) is 6.75. The maximum absolute atomic E-state index is 12.1. The summed E-state index contributed by atoms with van der Waals surface area (Å²) in [5.41, 5.74) is 6.71. The number of benzene rings is 1. The third kappa shape index (κ3) is 4.53. The number of amides is 1. The van der Waals surface area contributed by atoms with Crippen LogP contribution in [0.3, 0.4) is 0 Å². The molecule has 0 aliphatic heterocycles. The molecular weight excluding hydrogens is 252 g/mol. The normalized spacial score (nSPS) is 14.5. The third-order valence-corrected chi connectivity index (χ3v) is 3.24. The molecule has 4 nitrogen and oxygen atoms in total. The van der Waals surface area contributed by atoms with E-state index in [-0.39, 0.29) is 17.4 Å². The number of hydrogen-bond acceptors (Lipinski definition) is 3. The Bertz CT molecular complexity index is 452. The van der Waals surface area contributed by atoms with Crippen molar-refractivity contribution >= 4 is 5.91 Å². The Morgan fingerprint density at radius 3 is 2.60 bits per heavy atom. The highest BCUT2D eigenvalue weighted by Crippen LogP contribution is 2.21. The minimum absolute atomic E-state index is 0.101. The van der Waals surface area contributed by atoms with Crippen LogP contribution in [-0.4, -0.2) is 18.6 Å². The van der Waals surface area contributed by atoms with Gasteiger partial charge in [-0.3, -0.25) is 4.79 Å². The van der Waals surface area contributed by atoms with Crippen LogP contribution < -0.4 is 15.8 Å². The van der Waals surface area contributed by atoms with Gasteiger partial charge in [0, 0.05) is 0 Å². The van der Waals surface area contributed by atoms with Crippen molar-refractivity contribution in [3.63, 3.8) is 0 Å². The number of nitrogens with one attached hydrogen (secondary N) is 1. The lowest BCUT2D eigenvalue weighted by molar-refractivity contribution is -0.125. The molecule has 0 heterocycles. The number of ether oxygens (including phenoxy) is 1. The quantitative estimate of drug-likeness (QED) is 0.870. The molecule has 0 aliphatic carbocycles. The van der Waals surface area contributed by atoms with Gasteiger partial charge in [0.15, 0.2) is 0 Å². The van der Waals surface area contributed by atoms with Gasteiger partial charge in [0.05, 0.1) is 18.7 Å². The molecule has 0 saturated carbocycles. The van der Waals surface area contributed by atoms with E-state index < -0.39 is 6.04 Å². The Balaban J connectivity index is 2.73. The third-order valence-electron chi connectivity index (χ3n) is 3.24. The Labute approximate surface area is 121 Å². The molecule has 0 spiro atoms. The van der Waals surface area contributed by atoms with Gasteiger partial charge >= 0.3 is 0 Å². The van der Waals surface area contributed by atoms with Crippen molar-refractivity contribution in [3.8, 4) is 5.75 Å². The van der Waals surface area contributed by atoms with Crippen LogP contribution in [0, 0.1) is 5.41 Å². The van der Waals surface area contributed by atoms with E-state index in [1.165, 1.54) is 0 Å². The molecule has 1 amide bonds. The minimum Gasteiger partial charge on any atom is -0.494 e. The molecule has 1 aromatic carbocycles. The van der Waals surface area contributed by atoms with Gasteiger partial charge in [0.2, 0.25) is 5.91 Å². The van der Waals surface area contributed by atoms with E-state index >= 15 is 0 Å². The fraction of sp³-hybridized carbons (Fsp3) is 0.562. The molecule has 0 fully saturated rings. The first-order chi connectivity index (χ1) is 9.25. The number of rotatable bonds is 5. The van der Waals surface area contributed by atoms with E-state index in [1.807, 2.05) is 58.9 Å². The number of nitrogens with two attached hydrogens (primary N) is 1. The topological polar surface area (TPSA) is 64.3 Å². The van der Waals surface area contributed by atoms with Crippen LogP contribution in [0.25, 0.3) is 0 Å². The summed E-state index contributed by atoms with van der Waals surface area (Å²) in [4.78, 5) is 12.1. The van der Waals surface area contributed by atoms with E-state index in [0.717, 1.165) is 11.3 Å². The summed E-state index contributed by atoms with van der Waals surface area (Å²) < 4.78 is 5.47. The molecule has 1 rings (SSSR count). The second-order valence-electron chi connectivity index (χ2n) is 6.08. The molecule has 2 atom stereocenters. The molecule has 0 unspecified atom stereocenters. The lowest BCUT2D eigenvalue weighted by atomic mass is 9.86. The Hall–Kier alpha value is -1.55. The van der Waals surface area contributed by atoms with Crippen LogP contribution in [0.4, 0.5) is 0 Å². The van der Waals surface area contributed by atoms with Crippen LogP contribution >= 0.6 is 0 Å². The van der Waals surface area contributed by atoms with Gasteiger partial charge in [-0.05, 0) is 37.0 Å². The van der Waals surface area contributed by atoms with Crippen molar-refractivity contribution in [2.24, 2.45) is 11.1 Å². The number of carbonyl (C=O) groups excluding carboxylic acids is 1. The smallest absolute Gasteiger partial charge is 0.237 e. The number of carbonyl (C=O) groups is 1. The molecule has 0 aromatic heterocycles. The van der Waals surface area contributed by atoms with E-state index in [0.29, 0.717) is 6.61 Å². The summed E-state index contributed by atoms with van der Waals surface area (Å²) in [6.45, 7) is 10.4. The van der Waals surface area contributed by atoms with Crippen molar-refractivity contribution in [2.45, 2.75) is 46.7 Å². The van der Waals surface area contributed by atoms with Gasteiger partial charge in [-0.25, -0.2) is 0 Å². The van der Waals surface area contributed by atoms with Crippen molar-refractivity contribution in [3.05, 3.63) is 29.8 Å². The molecular formula is C16H26N2O2. The summed E-state index contributed by atoms with van der Waals surface area (Å²) in [5, 5.41) is 2.95. The molecule has 0 aliphatic rings. The van der Waals surface area contributed by atoms with Crippen molar-refractivity contribution in [1.29, 1.82) is 0 Å². The Morgan fingerprint density at radius 2 is 2.05 bits per heavy atom. The standard InChI is InChI=1S/C16H26N2O2/c1-6-20-13-9-7-8-12(10-13)11(2)18-15(19)14(17)16(3,4)5/h7-11,14H,6,17H2,1-5H3,(H,18,19)/t11-,14-/m1/s1. The molecule has 1 aromatic rings. The predicted octanol–water partition coefficient (Wildman–Crippen LogP) is 2.64. The summed E-state index contributed by atoms with van der Waals surface area (Å²) >= 11 is 0. The van der Waals surface area contributed by atoms with Crippen molar-refractivity contribution < 1.29 is 9.53 Å². The monoisotopic (exact) mass is 278 g/mol. The van der Waals surface area contributed by atoms with Crippen molar-refractivity contribution in [1.82, 2.24) is 5.32 Å². The van der Waals surface area contributed by atoms with Crippen LogP contribution in [0.15, 0.2) is 24.3 Å². The van der Waals surface area contributed by atoms with E-state index in [2.05, 4.69) is 5.32 Å². The molecule has 20 heavy (non-hydrogen) atoms. The number of hydrogen-bond donors (Lipinski definition) is 2. The second-order valence-corrected chi connectivity index (χ2v) is 6.08. The zero-order valence-corrected chi connectivity index (χ0v) is 13.1. The first-order valence-corrected chi connectivity index (χ1v) is 7.04. The van der Waals surface area contributed by atoms with Crippen LogP contribution in [0.2, 0.25) is 0 Å². The summed E-state index contributed by atoms with van der Waals surface area (Å²) in [7, 11) is 0. The van der Waals surface area contributed by atoms with Crippen molar-refractivity contribution in [2.75, 3.05) is 6.61 Å². The van der Waals surface area contributed by atoms with Gasteiger partial charge in [-0.1, -0.05) is 32.9 Å². The highest BCUT2D eigenvalue weighted by atomic mass is 16.5. The Morgan fingerprint density at radius 1 is 1.40 bits per heavy atom. The molecule has 0 bridgehead atoms. The molecule has 4 heteroatoms.